The maximum atomic E-state index is 10.4. The van der Waals surface area contributed by atoms with Crippen LogP contribution in [0.25, 0.3) is 0 Å². The van der Waals surface area contributed by atoms with E-state index in [-0.39, 0.29) is 0 Å². The second-order valence-electron chi connectivity index (χ2n) is 3.53. The summed E-state index contributed by atoms with van der Waals surface area (Å²) in [7, 11) is 1.46. The molecule has 0 radical (unpaired) electrons. The van der Waals surface area contributed by atoms with Gasteiger partial charge in [0, 0.05) is 13.2 Å². The molecule has 0 spiro atoms. The Labute approximate surface area is 99.9 Å². The van der Waals surface area contributed by atoms with Gasteiger partial charge in [0.15, 0.2) is 5.60 Å². The number of ether oxygens (including phenoxy) is 1. The molecule has 17 heavy (non-hydrogen) atoms. The van der Waals surface area contributed by atoms with Gasteiger partial charge < -0.3 is 14.9 Å². The van der Waals surface area contributed by atoms with Crippen LogP contribution in [0.4, 0.5) is 0 Å². The van der Waals surface area contributed by atoms with E-state index in [1.807, 2.05) is 0 Å². The number of carbonyl (C=O) groups is 1. The Kier molecular flexibility index (Phi) is 4.27. The summed E-state index contributed by atoms with van der Waals surface area (Å²) < 4.78 is 5.13. The number of carboxylic acid groups (broad SMARTS) is 1. The normalized spacial score (nSPS) is 27.5. The van der Waals surface area contributed by atoms with Gasteiger partial charge in [-0.3, -0.25) is 0 Å². The lowest BCUT2D eigenvalue weighted by molar-refractivity contribution is -0.131. The Hall–Kier alpha value is -1.83. The molecule has 0 saturated heterocycles. The third-order valence-electron chi connectivity index (χ3n) is 2.31. The van der Waals surface area contributed by atoms with Crippen molar-refractivity contribution >= 4 is 5.97 Å². The zero-order valence-corrected chi connectivity index (χ0v) is 9.68. The highest BCUT2D eigenvalue weighted by Gasteiger charge is 2.33. The first-order chi connectivity index (χ1) is 8.01. The smallest absolute Gasteiger partial charge is 0.328 e. The van der Waals surface area contributed by atoms with E-state index in [9.17, 15) is 9.90 Å². The molecule has 2 N–H and O–H groups in total. The second kappa shape index (κ2) is 5.48. The number of aliphatic hydroxyl groups is 1. The molecule has 4 nitrogen and oxygen atoms in total. The molecule has 0 aromatic carbocycles. The van der Waals surface area contributed by atoms with Crippen molar-refractivity contribution in [2.45, 2.75) is 18.6 Å². The quantitative estimate of drug-likeness (QED) is 0.562. The summed E-state index contributed by atoms with van der Waals surface area (Å²) in [6.45, 7) is 1.63. The van der Waals surface area contributed by atoms with Crippen molar-refractivity contribution in [3.63, 3.8) is 0 Å². The van der Waals surface area contributed by atoms with Gasteiger partial charge in [-0.15, -0.1) is 5.92 Å². The lowest BCUT2D eigenvalue weighted by atomic mass is 9.89. The fourth-order valence-corrected chi connectivity index (χ4v) is 1.51. The summed E-state index contributed by atoms with van der Waals surface area (Å²) in [5.41, 5.74) is -0.703. The van der Waals surface area contributed by atoms with E-state index in [2.05, 4.69) is 11.8 Å². The molecule has 0 fully saturated rings. The van der Waals surface area contributed by atoms with Gasteiger partial charge in [-0.2, -0.15) is 0 Å². The van der Waals surface area contributed by atoms with E-state index >= 15 is 0 Å². The fraction of sp³-hybridized carbons (Fsp3) is 0.308. The molecule has 0 aromatic heterocycles. The summed E-state index contributed by atoms with van der Waals surface area (Å²) >= 11 is 0. The molecule has 1 rings (SSSR count). The van der Waals surface area contributed by atoms with Crippen molar-refractivity contribution in [3.05, 3.63) is 36.0 Å². The molecule has 2 unspecified atom stereocenters. The Balaban J connectivity index is 2.96. The highest BCUT2D eigenvalue weighted by molar-refractivity contribution is 5.80. The molecule has 90 valence electrons. The van der Waals surface area contributed by atoms with E-state index in [0.717, 1.165) is 6.08 Å². The molecule has 1 aliphatic carbocycles. The number of hydrogen-bond acceptors (Lipinski definition) is 3. The van der Waals surface area contributed by atoms with Crippen LogP contribution in [-0.2, 0) is 9.53 Å². The minimum Gasteiger partial charge on any atom is -0.478 e. The van der Waals surface area contributed by atoms with Crippen molar-refractivity contribution in [1.82, 2.24) is 0 Å². The molecular formula is C13H14O4. The Morgan fingerprint density at radius 2 is 2.35 bits per heavy atom. The third kappa shape index (κ3) is 3.31. The van der Waals surface area contributed by atoms with Crippen LogP contribution in [0.5, 0.6) is 0 Å². The van der Waals surface area contributed by atoms with Crippen LogP contribution >= 0.6 is 0 Å². The maximum absolute atomic E-state index is 10.4. The van der Waals surface area contributed by atoms with Crippen LogP contribution in [0.15, 0.2) is 36.0 Å². The maximum Gasteiger partial charge on any atom is 0.328 e. The number of carboxylic acids is 1. The predicted octanol–water partition coefficient (Wildman–Crippen LogP) is 0.893. The van der Waals surface area contributed by atoms with Gasteiger partial charge in [-0.1, -0.05) is 12.0 Å². The zero-order valence-electron chi connectivity index (χ0n) is 9.68. The van der Waals surface area contributed by atoms with Crippen LogP contribution in [0.3, 0.4) is 0 Å². The lowest BCUT2D eigenvalue weighted by Gasteiger charge is -2.28. The molecule has 0 aliphatic heterocycles. The van der Waals surface area contributed by atoms with Crippen LogP contribution in [0.1, 0.15) is 6.92 Å². The average molecular weight is 234 g/mol. The predicted molar refractivity (Wildman–Crippen MR) is 63.2 cm³/mol. The second-order valence-corrected chi connectivity index (χ2v) is 3.53. The summed E-state index contributed by atoms with van der Waals surface area (Å²) in [5.74, 6) is 4.27. The molecule has 0 amide bonds. The minimum absolute atomic E-state index is 0.617. The number of hydrogen-bond donors (Lipinski definition) is 2. The first kappa shape index (κ1) is 13.2. The number of methoxy groups -OCH3 is 1. The number of allylic oxidation sites excluding steroid dienone is 3. The molecule has 0 bridgehead atoms. The minimum atomic E-state index is -1.36. The molecule has 4 heteroatoms. The van der Waals surface area contributed by atoms with Gasteiger partial charge >= 0.3 is 5.97 Å². The highest BCUT2D eigenvalue weighted by atomic mass is 16.5. The van der Waals surface area contributed by atoms with Crippen molar-refractivity contribution in [3.8, 4) is 11.8 Å². The Bertz CT molecular complexity index is 448. The van der Waals surface area contributed by atoms with Crippen molar-refractivity contribution in [1.29, 1.82) is 0 Å². The molecule has 1 aliphatic rings. The van der Waals surface area contributed by atoms with E-state index < -0.39 is 17.7 Å². The first-order valence-corrected chi connectivity index (χ1v) is 5.03. The van der Waals surface area contributed by atoms with Crippen LogP contribution in [0.2, 0.25) is 0 Å². The topological polar surface area (TPSA) is 66.8 Å². The number of rotatable bonds is 3. The summed E-state index contributed by atoms with van der Waals surface area (Å²) in [4.78, 5) is 10.4. The van der Waals surface area contributed by atoms with Gasteiger partial charge in [-0.25, -0.2) is 4.79 Å². The molecule has 0 aromatic rings. The fourth-order valence-electron chi connectivity index (χ4n) is 1.51. The van der Waals surface area contributed by atoms with E-state index in [1.54, 1.807) is 19.1 Å². The van der Waals surface area contributed by atoms with Crippen molar-refractivity contribution < 1.29 is 19.7 Å². The third-order valence-corrected chi connectivity index (χ3v) is 2.31. The first-order valence-electron chi connectivity index (χ1n) is 5.03. The molecule has 0 saturated carbocycles. The molecule has 2 atom stereocenters. The van der Waals surface area contributed by atoms with E-state index in [0.29, 0.717) is 5.57 Å². The standard InChI is InChI=1S/C13H14O4/c1-3-7-13(16)8-6-10(4-5-12(14)15)9-11(13)17-2/h4-6,8-9,11,16H,1-2H3,(H,14,15)/b5-4+. The Morgan fingerprint density at radius 1 is 1.65 bits per heavy atom. The van der Waals surface area contributed by atoms with Crippen LogP contribution in [-0.4, -0.2) is 35.0 Å². The largest absolute Gasteiger partial charge is 0.478 e. The van der Waals surface area contributed by atoms with Crippen molar-refractivity contribution in [2.75, 3.05) is 7.11 Å². The average Bonchev–Trinajstić information content (AvgIpc) is 2.28. The zero-order chi connectivity index (χ0) is 12.9. The van der Waals surface area contributed by atoms with Gasteiger partial charge in [-0.05, 0) is 30.7 Å². The molecular weight excluding hydrogens is 220 g/mol. The van der Waals surface area contributed by atoms with E-state index in [1.165, 1.54) is 19.3 Å². The monoisotopic (exact) mass is 234 g/mol. The Morgan fingerprint density at radius 3 is 2.88 bits per heavy atom. The highest BCUT2D eigenvalue weighted by Crippen LogP contribution is 2.23. The molecule has 0 heterocycles. The summed E-state index contributed by atoms with van der Waals surface area (Å²) in [6, 6.07) is 0. The van der Waals surface area contributed by atoms with Gasteiger partial charge in [0.05, 0.1) is 0 Å². The lowest BCUT2D eigenvalue weighted by Crippen LogP contribution is -2.40. The summed E-state index contributed by atoms with van der Waals surface area (Å²) in [6.07, 6.45) is 6.58. The van der Waals surface area contributed by atoms with Crippen molar-refractivity contribution in [2.24, 2.45) is 0 Å². The van der Waals surface area contributed by atoms with Gasteiger partial charge in [0.2, 0.25) is 0 Å². The SMILES string of the molecule is CC#CC1(O)C=CC(/C=C/C(=O)O)=CC1OC. The summed E-state index contributed by atoms with van der Waals surface area (Å²) in [5, 5.41) is 18.7. The van der Waals surface area contributed by atoms with Gasteiger partial charge in [0.25, 0.3) is 0 Å². The van der Waals surface area contributed by atoms with Crippen LogP contribution < -0.4 is 0 Å². The van der Waals surface area contributed by atoms with Crippen LogP contribution in [0, 0.1) is 11.8 Å². The number of aliphatic carboxylic acids is 1. The van der Waals surface area contributed by atoms with Gasteiger partial charge in [0.1, 0.15) is 6.10 Å². The van der Waals surface area contributed by atoms with E-state index in [4.69, 9.17) is 9.84 Å².